The van der Waals surface area contributed by atoms with Gasteiger partial charge in [-0.2, -0.15) is 0 Å². The first-order valence-electron chi connectivity index (χ1n) is 8.11. The molecule has 1 unspecified atom stereocenters. The Morgan fingerprint density at radius 1 is 1.14 bits per heavy atom. The molecule has 1 aromatic rings. The fourth-order valence-corrected chi connectivity index (χ4v) is 2.21. The van der Waals surface area contributed by atoms with E-state index in [1.54, 1.807) is 7.11 Å². The third-order valence-corrected chi connectivity index (χ3v) is 3.48. The lowest BCUT2D eigenvalue weighted by Gasteiger charge is -2.17. The van der Waals surface area contributed by atoms with Crippen molar-refractivity contribution in [2.75, 3.05) is 20.2 Å². The lowest BCUT2D eigenvalue weighted by molar-refractivity contribution is 0.198. The topological polar surface area (TPSA) is 30.5 Å². The Balaban J connectivity index is 2.38. The van der Waals surface area contributed by atoms with Gasteiger partial charge in [-0.3, -0.25) is 0 Å². The van der Waals surface area contributed by atoms with Gasteiger partial charge < -0.3 is 14.8 Å². The van der Waals surface area contributed by atoms with Gasteiger partial charge in [0, 0.05) is 0 Å². The van der Waals surface area contributed by atoms with Gasteiger partial charge in [0.25, 0.3) is 0 Å². The second kappa shape index (κ2) is 9.67. The van der Waals surface area contributed by atoms with E-state index in [1.807, 2.05) is 6.07 Å². The van der Waals surface area contributed by atoms with Crippen molar-refractivity contribution < 1.29 is 9.47 Å². The average molecular weight is 293 g/mol. The highest BCUT2D eigenvalue weighted by Crippen LogP contribution is 2.29. The molecule has 3 nitrogen and oxygen atoms in total. The van der Waals surface area contributed by atoms with Crippen LogP contribution < -0.4 is 14.8 Å². The molecule has 0 saturated heterocycles. The van der Waals surface area contributed by atoms with Crippen LogP contribution in [-0.2, 0) is 6.42 Å². The van der Waals surface area contributed by atoms with Crippen molar-refractivity contribution in [2.45, 2.75) is 53.1 Å². The van der Waals surface area contributed by atoms with E-state index in [0.717, 1.165) is 43.9 Å². The average Bonchev–Trinajstić information content (AvgIpc) is 2.47. The minimum absolute atomic E-state index is 0.201. The summed E-state index contributed by atoms with van der Waals surface area (Å²) in [6.45, 7) is 10.9. The maximum atomic E-state index is 6.01. The van der Waals surface area contributed by atoms with Crippen LogP contribution in [0.3, 0.4) is 0 Å². The van der Waals surface area contributed by atoms with Gasteiger partial charge in [-0.1, -0.05) is 26.8 Å². The molecule has 1 aromatic carbocycles. The molecule has 0 heterocycles. The van der Waals surface area contributed by atoms with Gasteiger partial charge >= 0.3 is 0 Å². The van der Waals surface area contributed by atoms with E-state index in [-0.39, 0.29) is 6.10 Å². The number of rotatable bonds is 10. The lowest BCUT2D eigenvalue weighted by atomic mass is 10.1. The Morgan fingerprint density at radius 2 is 1.90 bits per heavy atom. The Kier molecular flexibility index (Phi) is 8.21. The molecule has 0 amide bonds. The molecule has 0 aliphatic heterocycles. The van der Waals surface area contributed by atoms with Gasteiger partial charge in [-0.25, -0.2) is 0 Å². The van der Waals surface area contributed by atoms with Gasteiger partial charge in [-0.05, 0) is 62.9 Å². The van der Waals surface area contributed by atoms with Crippen LogP contribution in [0.2, 0.25) is 0 Å². The summed E-state index contributed by atoms with van der Waals surface area (Å²) in [4.78, 5) is 0. The normalized spacial score (nSPS) is 12.5. The molecule has 1 rings (SSSR count). The van der Waals surface area contributed by atoms with Crippen LogP contribution in [0.15, 0.2) is 18.2 Å². The number of hydrogen-bond acceptors (Lipinski definition) is 3. The number of hydrogen-bond donors (Lipinski definition) is 1. The van der Waals surface area contributed by atoms with Crippen LogP contribution >= 0.6 is 0 Å². The summed E-state index contributed by atoms with van der Waals surface area (Å²) in [5.74, 6) is 2.39. The molecule has 120 valence electrons. The van der Waals surface area contributed by atoms with Gasteiger partial charge in [0.1, 0.15) is 0 Å². The van der Waals surface area contributed by atoms with Gasteiger partial charge in [0.15, 0.2) is 11.5 Å². The van der Waals surface area contributed by atoms with Crippen LogP contribution in [0.5, 0.6) is 11.5 Å². The van der Waals surface area contributed by atoms with Gasteiger partial charge in [-0.15, -0.1) is 0 Å². The van der Waals surface area contributed by atoms with Gasteiger partial charge in [0.05, 0.1) is 13.2 Å². The molecule has 0 aliphatic carbocycles. The molecule has 21 heavy (non-hydrogen) atoms. The summed E-state index contributed by atoms with van der Waals surface area (Å²) < 4.78 is 11.4. The number of methoxy groups -OCH3 is 1. The number of benzene rings is 1. The Hall–Kier alpha value is -1.22. The summed E-state index contributed by atoms with van der Waals surface area (Å²) in [5, 5.41) is 3.46. The predicted octanol–water partition coefficient (Wildman–Crippen LogP) is 4.05. The second-order valence-electron chi connectivity index (χ2n) is 6.01. The predicted molar refractivity (Wildman–Crippen MR) is 89.4 cm³/mol. The molecule has 1 N–H and O–H groups in total. The van der Waals surface area contributed by atoms with Crippen molar-refractivity contribution >= 4 is 0 Å². The minimum Gasteiger partial charge on any atom is -0.493 e. The fourth-order valence-electron chi connectivity index (χ4n) is 2.21. The SMILES string of the molecule is CCc1ccc(OC(C)CCCNCC(C)C)c(OC)c1. The summed E-state index contributed by atoms with van der Waals surface area (Å²) in [5.41, 5.74) is 1.27. The highest BCUT2D eigenvalue weighted by Gasteiger charge is 2.09. The van der Waals surface area contributed by atoms with Crippen LogP contribution in [0.4, 0.5) is 0 Å². The van der Waals surface area contributed by atoms with Crippen molar-refractivity contribution in [3.05, 3.63) is 23.8 Å². The Labute approximate surface area is 130 Å². The van der Waals surface area contributed by atoms with Crippen LogP contribution in [-0.4, -0.2) is 26.3 Å². The quantitative estimate of drug-likeness (QED) is 0.660. The fraction of sp³-hybridized carbons (Fsp3) is 0.667. The Morgan fingerprint density at radius 3 is 2.52 bits per heavy atom. The summed E-state index contributed by atoms with van der Waals surface area (Å²) >= 11 is 0. The number of ether oxygens (including phenoxy) is 2. The van der Waals surface area contributed by atoms with E-state index in [2.05, 4.69) is 45.1 Å². The minimum atomic E-state index is 0.201. The van der Waals surface area contributed by atoms with Crippen molar-refractivity contribution in [2.24, 2.45) is 5.92 Å². The van der Waals surface area contributed by atoms with E-state index in [4.69, 9.17) is 9.47 Å². The van der Waals surface area contributed by atoms with Crippen LogP contribution in [0, 0.1) is 5.92 Å². The lowest BCUT2D eigenvalue weighted by Crippen LogP contribution is -2.22. The molecule has 0 bridgehead atoms. The maximum Gasteiger partial charge on any atom is 0.161 e. The molecule has 0 aromatic heterocycles. The van der Waals surface area contributed by atoms with E-state index < -0.39 is 0 Å². The smallest absolute Gasteiger partial charge is 0.161 e. The van der Waals surface area contributed by atoms with Crippen LogP contribution in [0.25, 0.3) is 0 Å². The van der Waals surface area contributed by atoms with Crippen molar-refractivity contribution in [1.29, 1.82) is 0 Å². The summed E-state index contributed by atoms with van der Waals surface area (Å²) in [6.07, 6.45) is 3.38. The first kappa shape index (κ1) is 17.8. The molecule has 1 atom stereocenters. The molecule has 0 aliphatic rings. The van der Waals surface area contributed by atoms with Crippen LogP contribution in [0.1, 0.15) is 46.1 Å². The summed E-state index contributed by atoms with van der Waals surface area (Å²) in [7, 11) is 1.70. The largest absolute Gasteiger partial charge is 0.493 e. The number of aryl methyl sites for hydroxylation is 1. The first-order valence-corrected chi connectivity index (χ1v) is 8.11. The molecule has 0 fully saturated rings. The Bertz CT molecular complexity index is 404. The van der Waals surface area contributed by atoms with E-state index in [1.165, 1.54) is 5.56 Å². The zero-order valence-electron chi connectivity index (χ0n) is 14.2. The first-order chi connectivity index (χ1) is 10.1. The van der Waals surface area contributed by atoms with E-state index in [0.29, 0.717) is 5.92 Å². The third kappa shape index (κ3) is 6.85. The third-order valence-electron chi connectivity index (χ3n) is 3.48. The second-order valence-corrected chi connectivity index (χ2v) is 6.01. The zero-order valence-corrected chi connectivity index (χ0v) is 14.2. The van der Waals surface area contributed by atoms with Crippen molar-refractivity contribution in [1.82, 2.24) is 5.32 Å². The molecule has 0 spiro atoms. The van der Waals surface area contributed by atoms with E-state index in [9.17, 15) is 0 Å². The van der Waals surface area contributed by atoms with E-state index >= 15 is 0 Å². The van der Waals surface area contributed by atoms with Crippen molar-refractivity contribution in [3.63, 3.8) is 0 Å². The monoisotopic (exact) mass is 293 g/mol. The summed E-state index contributed by atoms with van der Waals surface area (Å²) in [6, 6.07) is 6.19. The standard InChI is InChI=1S/C18H31NO2/c1-6-16-9-10-17(18(12-16)20-5)21-15(4)8-7-11-19-13-14(2)3/h9-10,12,14-15,19H,6-8,11,13H2,1-5H3. The molecule has 0 radical (unpaired) electrons. The van der Waals surface area contributed by atoms with Gasteiger partial charge in [0.2, 0.25) is 0 Å². The molecule has 0 saturated carbocycles. The maximum absolute atomic E-state index is 6.01. The molecular weight excluding hydrogens is 262 g/mol. The molecular formula is C18H31NO2. The molecule has 3 heteroatoms. The highest BCUT2D eigenvalue weighted by molar-refractivity contribution is 5.43. The zero-order chi connectivity index (χ0) is 15.7. The highest BCUT2D eigenvalue weighted by atomic mass is 16.5. The van der Waals surface area contributed by atoms with Crippen molar-refractivity contribution in [3.8, 4) is 11.5 Å². The number of nitrogens with one attached hydrogen (secondary N) is 1.